The Kier molecular flexibility index (Phi) is 6.84. The van der Waals surface area contributed by atoms with Crippen LogP contribution in [0.25, 0.3) is 0 Å². The van der Waals surface area contributed by atoms with Crippen molar-refractivity contribution in [3.05, 3.63) is 35.6 Å². The summed E-state index contributed by atoms with van der Waals surface area (Å²) >= 11 is 0. The molecule has 0 radical (unpaired) electrons. The van der Waals surface area contributed by atoms with E-state index in [0.717, 1.165) is 12.0 Å². The molecule has 3 amide bonds. The zero-order chi connectivity index (χ0) is 27.4. The normalized spacial score (nSPS) is 29.6. The summed E-state index contributed by atoms with van der Waals surface area (Å²) < 4.78 is 18.9. The van der Waals surface area contributed by atoms with Crippen molar-refractivity contribution in [1.29, 1.82) is 5.26 Å². The molecule has 38 heavy (non-hydrogen) atoms. The number of piperidine rings is 1. The summed E-state index contributed by atoms with van der Waals surface area (Å²) in [6.07, 6.45) is 2.19. The fourth-order valence-corrected chi connectivity index (χ4v) is 6.52. The fourth-order valence-electron chi connectivity index (χ4n) is 6.52. The molecule has 1 aromatic rings. The number of hydrogen-bond acceptors (Lipinski definition) is 6. The minimum absolute atomic E-state index is 0.0146. The first kappa shape index (κ1) is 26.4. The van der Waals surface area contributed by atoms with Crippen LogP contribution in [-0.2, 0) is 14.3 Å². The second-order valence-electron chi connectivity index (χ2n) is 12.0. The highest BCUT2D eigenvalue weighted by Crippen LogP contribution is 2.48. The largest absolute Gasteiger partial charge is 0.444 e. The van der Waals surface area contributed by atoms with E-state index in [0.29, 0.717) is 31.7 Å². The third kappa shape index (κ3) is 4.96. The number of nitrogens with zero attached hydrogens (tertiary/aromatic N) is 4. The maximum Gasteiger partial charge on any atom is 0.408 e. The summed E-state index contributed by atoms with van der Waals surface area (Å²) in [6, 6.07) is 6.56. The first-order chi connectivity index (χ1) is 18.0. The van der Waals surface area contributed by atoms with Crippen molar-refractivity contribution >= 4 is 17.9 Å². The van der Waals surface area contributed by atoms with Crippen LogP contribution in [0.3, 0.4) is 0 Å². The molecule has 10 heteroatoms. The lowest BCUT2D eigenvalue weighted by molar-refractivity contribution is -0.142. The SMILES string of the molecule is CCC(c1ccc(F)cc1)N1C(=O)C2C[C@H]1CN2CC(NC(=O)OC(C)(C)C)C(=O)N1C(C#N)C[C@@H]2C[C@@H]21. The highest BCUT2D eigenvalue weighted by Gasteiger charge is 2.56. The van der Waals surface area contributed by atoms with Crippen LogP contribution in [0.1, 0.15) is 65.0 Å². The molecule has 1 aromatic carbocycles. The fraction of sp³-hybridized carbons (Fsp3) is 0.643. The van der Waals surface area contributed by atoms with Gasteiger partial charge in [0, 0.05) is 25.2 Å². The van der Waals surface area contributed by atoms with Gasteiger partial charge in [-0.2, -0.15) is 5.26 Å². The number of alkyl carbamates (subject to hydrolysis) is 1. The number of likely N-dealkylation sites (tertiary alicyclic amines) is 3. The first-order valence-corrected chi connectivity index (χ1v) is 13.5. The molecule has 3 heterocycles. The van der Waals surface area contributed by atoms with Gasteiger partial charge in [-0.1, -0.05) is 19.1 Å². The number of piperazine rings is 1. The number of carbonyl (C=O) groups excluding carboxylic acids is 3. The molecule has 5 rings (SSSR count). The Morgan fingerprint density at radius 1 is 1.21 bits per heavy atom. The van der Waals surface area contributed by atoms with Gasteiger partial charge in [-0.25, -0.2) is 9.18 Å². The van der Waals surface area contributed by atoms with E-state index in [9.17, 15) is 24.0 Å². The zero-order valence-electron chi connectivity index (χ0n) is 22.4. The number of nitriles is 1. The van der Waals surface area contributed by atoms with Crippen LogP contribution in [0.15, 0.2) is 24.3 Å². The number of rotatable bonds is 7. The molecule has 3 aliphatic heterocycles. The lowest BCUT2D eigenvalue weighted by Crippen LogP contribution is -2.59. The van der Waals surface area contributed by atoms with Gasteiger partial charge in [0.25, 0.3) is 0 Å². The van der Waals surface area contributed by atoms with Crippen molar-refractivity contribution in [3.8, 4) is 6.07 Å². The Morgan fingerprint density at radius 2 is 1.92 bits per heavy atom. The van der Waals surface area contributed by atoms with Crippen LogP contribution in [0.4, 0.5) is 9.18 Å². The molecule has 1 aliphatic carbocycles. The predicted molar refractivity (Wildman–Crippen MR) is 136 cm³/mol. The number of nitrogens with one attached hydrogen (secondary N) is 1. The minimum Gasteiger partial charge on any atom is -0.444 e. The Bertz CT molecular complexity index is 1150. The van der Waals surface area contributed by atoms with Crippen molar-refractivity contribution in [2.45, 2.75) is 95.2 Å². The standard InChI is InChI=1S/C28H36FN5O4/c1-5-22(16-6-8-18(29)9-7-16)34-20-12-24(26(34)36)32(14-20)15-21(31-27(37)38-28(2,3)4)25(35)33-19(13-30)10-17-11-23(17)33/h6-9,17,19-24H,5,10-12,14-15H2,1-4H3,(H,31,37)/t17-,19?,20+,21?,22?,23+,24?/m1/s1. The van der Waals surface area contributed by atoms with Crippen molar-refractivity contribution in [1.82, 2.24) is 20.0 Å². The lowest BCUT2D eigenvalue weighted by atomic mass is 10.0. The van der Waals surface area contributed by atoms with E-state index >= 15 is 0 Å². The maximum atomic E-state index is 13.7. The van der Waals surface area contributed by atoms with Crippen LogP contribution < -0.4 is 5.32 Å². The van der Waals surface area contributed by atoms with E-state index in [1.165, 1.54) is 12.1 Å². The molecule has 1 N–H and O–H groups in total. The number of fused-ring (bicyclic) bond motifs is 3. The second-order valence-corrected chi connectivity index (χ2v) is 12.0. The van der Waals surface area contributed by atoms with Crippen molar-refractivity contribution in [2.75, 3.05) is 13.1 Å². The van der Waals surface area contributed by atoms with Crippen LogP contribution in [0.2, 0.25) is 0 Å². The van der Waals surface area contributed by atoms with Gasteiger partial charge in [0.05, 0.1) is 18.2 Å². The van der Waals surface area contributed by atoms with E-state index in [1.807, 2.05) is 16.7 Å². The highest BCUT2D eigenvalue weighted by atomic mass is 19.1. The lowest BCUT2D eigenvalue weighted by Gasteiger charge is -2.40. The van der Waals surface area contributed by atoms with Gasteiger partial charge in [-0.05, 0) is 70.1 Å². The molecule has 4 fully saturated rings. The van der Waals surface area contributed by atoms with Gasteiger partial charge < -0.3 is 19.9 Å². The Hall–Kier alpha value is -3.19. The minimum atomic E-state index is -0.931. The van der Waals surface area contributed by atoms with Gasteiger partial charge in [0.2, 0.25) is 11.8 Å². The number of halogens is 1. The van der Waals surface area contributed by atoms with Gasteiger partial charge in [-0.3, -0.25) is 14.5 Å². The van der Waals surface area contributed by atoms with Crippen molar-refractivity contribution in [3.63, 3.8) is 0 Å². The second kappa shape index (κ2) is 9.84. The Morgan fingerprint density at radius 3 is 2.53 bits per heavy atom. The van der Waals surface area contributed by atoms with Crippen LogP contribution in [0, 0.1) is 23.1 Å². The van der Waals surface area contributed by atoms with Gasteiger partial charge in [-0.15, -0.1) is 0 Å². The Labute approximate surface area is 222 Å². The smallest absolute Gasteiger partial charge is 0.408 e. The highest BCUT2D eigenvalue weighted by molar-refractivity contribution is 5.89. The average Bonchev–Trinajstić information content (AvgIpc) is 3.17. The van der Waals surface area contributed by atoms with E-state index in [-0.39, 0.29) is 42.3 Å². The summed E-state index contributed by atoms with van der Waals surface area (Å²) in [5, 5.41) is 12.4. The van der Waals surface area contributed by atoms with Crippen molar-refractivity contribution in [2.24, 2.45) is 5.92 Å². The third-order valence-corrected chi connectivity index (χ3v) is 8.21. The topological polar surface area (TPSA) is 106 Å². The number of amides is 3. The first-order valence-electron chi connectivity index (χ1n) is 13.5. The van der Waals surface area contributed by atoms with E-state index in [2.05, 4.69) is 11.4 Å². The summed E-state index contributed by atoms with van der Waals surface area (Å²) in [5.74, 6) is -0.274. The third-order valence-electron chi connectivity index (χ3n) is 8.21. The molecule has 3 saturated heterocycles. The molecular weight excluding hydrogens is 489 g/mol. The molecule has 0 aromatic heterocycles. The molecule has 1 saturated carbocycles. The number of carbonyl (C=O) groups is 3. The average molecular weight is 526 g/mol. The molecule has 4 aliphatic rings. The molecule has 4 unspecified atom stereocenters. The molecule has 9 nitrogen and oxygen atoms in total. The van der Waals surface area contributed by atoms with Crippen LogP contribution in [0.5, 0.6) is 0 Å². The predicted octanol–water partition coefficient (Wildman–Crippen LogP) is 2.97. The van der Waals surface area contributed by atoms with E-state index in [1.54, 1.807) is 37.8 Å². The molecule has 7 atom stereocenters. The molecule has 2 bridgehead atoms. The van der Waals surface area contributed by atoms with Gasteiger partial charge in [0.1, 0.15) is 23.5 Å². The summed E-state index contributed by atoms with van der Waals surface area (Å²) in [6.45, 7) is 8.00. The van der Waals surface area contributed by atoms with E-state index < -0.39 is 29.8 Å². The number of benzene rings is 1. The summed E-state index contributed by atoms with van der Waals surface area (Å²) in [5.41, 5.74) is 0.164. The zero-order valence-corrected chi connectivity index (χ0v) is 22.4. The Balaban J connectivity index is 1.32. The van der Waals surface area contributed by atoms with Crippen molar-refractivity contribution < 1.29 is 23.5 Å². The summed E-state index contributed by atoms with van der Waals surface area (Å²) in [7, 11) is 0. The summed E-state index contributed by atoms with van der Waals surface area (Å²) in [4.78, 5) is 45.5. The maximum absolute atomic E-state index is 13.7. The molecule has 204 valence electrons. The monoisotopic (exact) mass is 525 g/mol. The van der Waals surface area contributed by atoms with Crippen LogP contribution in [-0.4, -0.2) is 81.5 Å². The quantitative estimate of drug-likeness (QED) is 0.587. The van der Waals surface area contributed by atoms with Gasteiger partial charge in [0.15, 0.2) is 0 Å². The van der Waals surface area contributed by atoms with E-state index in [4.69, 9.17) is 4.74 Å². The van der Waals surface area contributed by atoms with Gasteiger partial charge >= 0.3 is 6.09 Å². The number of hydrogen-bond donors (Lipinski definition) is 1. The molecule has 0 spiro atoms. The van der Waals surface area contributed by atoms with Crippen LogP contribution >= 0.6 is 0 Å². The number of ether oxygens (including phenoxy) is 1. The molecular formula is C28H36FN5O4.